The van der Waals surface area contributed by atoms with E-state index in [0.29, 0.717) is 23.9 Å². The molecule has 0 fully saturated rings. The van der Waals surface area contributed by atoms with Crippen molar-refractivity contribution in [3.8, 4) is 17.2 Å². The Morgan fingerprint density at radius 3 is 2.45 bits per heavy atom. The van der Waals surface area contributed by atoms with Gasteiger partial charge in [0.2, 0.25) is 0 Å². The highest BCUT2D eigenvalue weighted by atomic mass is 16.5. The Balaban J connectivity index is 1.52. The van der Waals surface area contributed by atoms with Gasteiger partial charge in [0.05, 0.1) is 13.3 Å². The van der Waals surface area contributed by atoms with Crippen molar-refractivity contribution in [2.24, 2.45) is 5.10 Å². The summed E-state index contributed by atoms with van der Waals surface area (Å²) in [6.45, 7) is 4.28. The van der Waals surface area contributed by atoms with Gasteiger partial charge in [0, 0.05) is 0 Å². The van der Waals surface area contributed by atoms with Crippen molar-refractivity contribution in [1.29, 1.82) is 0 Å². The zero-order valence-corrected chi connectivity index (χ0v) is 17.9. The zero-order valence-electron chi connectivity index (χ0n) is 17.9. The summed E-state index contributed by atoms with van der Waals surface area (Å²) in [5.41, 5.74) is 6.43. The summed E-state index contributed by atoms with van der Waals surface area (Å²) in [5.74, 6) is 1.56. The van der Waals surface area contributed by atoms with Gasteiger partial charge < -0.3 is 14.2 Å². The fourth-order valence-corrected chi connectivity index (χ4v) is 2.93. The summed E-state index contributed by atoms with van der Waals surface area (Å²) in [4.78, 5) is 12.0. The van der Waals surface area contributed by atoms with Gasteiger partial charge in [0.15, 0.2) is 18.1 Å². The monoisotopic (exact) mass is 418 g/mol. The van der Waals surface area contributed by atoms with Gasteiger partial charge in [0.25, 0.3) is 5.91 Å². The number of nitrogens with one attached hydrogen (secondary N) is 1. The molecule has 6 heteroatoms. The lowest BCUT2D eigenvalue weighted by Crippen LogP contribution is -2.24. The third-order valence-corrected chi connectivity index (χ3v) is 4.52. The molecule has 0 radical (unpaired) electrons. The first-order chi connectivity index (χ1) is 15.0. The van der Waals surface area contributed by atoms with Gasteiger partial charge in [-0.3, -0.25) is 4.79 Å². The SMILES string of the molecule is COc1cc(C=NNC(=O)COc2ccc(C)cc2C)ccc1OCc1ccccc1. The van der Waals surface area contributed by atoms with Crippen molar-refractivity contribution >= 4 is 12.1 Å². The number of hydrogen-bond donors (Lipinski definition) is 1. The molecule has 3 aromatic rings. The number of benzene rings is 3. The van der Waals surface area contributed by atoms with Crippen LogP contribution >= 0.6 is 0 Å². The van der Waals surface area contributed by atoms with Crippen LogP contribution in [0.15, 0.2) is 71.8 Å². The normalized spacial score (nSPS) is 10.7. The van der Waals surface area contributed by atoms with E-state index in [1.807, 2.05) is 74.5 Å². The average Bonchev–Trinajstić information content (AvgIpc) is 2.78. The fourth-order valence-electron chi connectivity index (χ4n) is 2.93. The largest absolute Gasteiger partial charge is 0.493 e. The standard InChI is InChI=1S/C25H26N2O4/c1-18-9-11-22(19(2)13-18)31-17-25(28)27-26-15-21-10-12-23(24(14-21)29-3)30-16-20-7-5-4-6-8-20/h4-15H,16-17H2,1-3H3,(H,27,28). The lowest BCUT2D eigenvalue weighted by Gasteiger charge is -2.11. The van der Waals surface area contributed by atoms with Gasteiger partial charge in [-0.15, -0.1) is 0 Å². The predicted molar refractivity (Wildman–Crippen MR) is 121 cm³/mol. The second kappa shape index (κ2) is 10.8. The molecule has 0 bridgehead atoms. The molecule has 1 N–H and O–H groups in total. The van der Waals surface area contributed by atoms with Crippen LogP contribution in [0.5, 0.6) is 17.2 Å². The Labute approximate surface area is 182 Å². The van der Waals surface area contributed by atoms with Crippen LogP contribution in [0.1, 0.15) is 22.3 Å². The highest BCUT2D eigenvalue weighted by molar-refractivity contribution is 5.83. The Bertz CT molecular complexity index is 1050. The molecule has 160 valence electrons. The maximum atomic E-state index is 12.0. The number of rotatable bonds is 9. The zero-order chi connectivity index (χ0) is 22.1. The third-order valence-electron chi connectivity index (χ3n) is 4.52. The van der Waals surface area contributed by atoms with Gasteiger partial charge in [-0.1, -0.05) is 48.0 Å². The van der Waals surface area contributed by atoms with E-state index in [4.69, 9.17) is 14.2 Å². The molecule has 1 amide bonds. The van der Waals surface area contributed by atoms with E-state index in [2.05, 4.69) is 10.5 Å². The smallest absolute Gasteiger partial charge is 0.277 e. The van der Waals surface area contributed by atoms with Gasteiger partial charge in [-0.2, -0.15) is 5.10 Å². The Kier molecular flexibility index (Phi) is 7.65. The second-order valence-electron chi connectivity index (χ2n) is 7.04. The van der Waals surface area contributed by atoms with E-state index in [-0.39, 0.29) is 12.5 Å². The van der Waals surface area contributed by atoms with Crippen molar-refractivity contribution in [1.82, 2.24) is 5.43 Å². The van der Waals surface area contributed by atoms with E-state index in [9.17, 15) is 4.79 Å². The Morgan fingerprint density at radius 1 is 0.935 bits per heavy atom. The molecule has 0 aliphatic rings. The van der Waals surface area contributed by atoms with Crippen molar-refractivity contribution < 1.29 is 19.0 Å². The molecule has 31 heavy (non-hydrogen) atoms. The minimum atomic E-state index is -0.342. The number of carbonyl (C=O) groups is 1. The van der Waals surface area contributed by atoms with E-state index in [0.717, 1.165) is 22.3 Å². The molecule has 3 aromatic carbocycles. The van der Waals surface area contributed by atoms with Crippen LogP contribution in [0.4, 0.5) is 0 Å². The van der Waals surface area contributed by atoms with E-state index < -0.39 is 0 Å². The van der Waals surface area contributed by atoms with Crippen molar-refractivity contribution in [2.75, 3.05) is 13.7 Å². The summed E-state index contributed by atoms with van der Waals surface area (Å²) in [6.07, 6.45) is 1.54. The number of nitrogens with zero attached hydrogens (tertiary/aromatic N) is 1. The number of methoxy groups -OCH3 is 1. The molecule has 0 aromatic heterocycles. The maximum Gasteiger partial charge on any atom is 0.277 e. The molecule has 0 unspecified atom stereocenters. The minimum Gasteiger partial charge on any atom is -0.493 e. The lowest BCUT2D eigenvalue weighted by molar-refractivity contribution is -0.123. The minimum absolute atomic E-state index is 0.114. The summed E-state index contributed by atoms with van der Waals surface area (Å²) in [6, 6.07) is 21.2. The van der Waals surface area contributed by atoms with Crippen molar-refractivity contribution in [3.05, 3.63) is 89.0 Å². The van der Waals surface area contributed by atoms with Gasteiger partial charge in [-0.05, 0) is 54.8 Å². The maximum absolute atomic E-state index is 12.0. The molecule has 0 saturated heterocycles. The van der Waals surface area contributed by atoms with Gasteiger partial charge in [0.1, 0.15) is 12.4 Å². The molecule has 6 nitrogen and oxygen atoms in total. The molecule has 0 atom stereocenters. The predicted octanol–water partition coefficient (Wildman–Crippen LogP) is 4.42. The molecule has 0 heterocycles. The van der Waals surface area contributed by atoms with Crippen molar-refractivity contribution in [2.45, 2.75) is 20.5 Å². The third kappa shape index (κ3) is 6.60. The van der Waals surface area contributed by atoms with Crippen LogP contribution in [0.25, 0.3) is 0 Å². The van der Waals surface area contributed by atoms with Gasteiger partial charge in [-0.25, -0.2) is 5.43 Å². The highest BCUT2D eigenvalue weighted by Gasteiger charge is 2.07. The number of hydrazone groups is 1. The average molecular weight is 418 g/mol. The van der Waals surface area contributed by atoms with E-state index >= 15 is 0 Å². The molecular formula is C25H26N2O4. The number of amides is 1. The first kappa shape index (κ1) is 21.9. The summed E-state index contributed by atoms with van der Waals surface area (Å²) < 4.78 is 16.8. The molecule has 0 aliphatic carbocycles. The quantitative estimate of drug-likeness (QED) is 0.413. The first-order valence-electron chi connectivity index (χ1n) is 9.92. The number of aryl methyl sites for hydroxylation is 2. The van der Waals surface area contributed by atoms with Crippen LogP contribution in [0, 0.1) is 13.8 Å². The van der Waals surface area contributed by atoms with Crippen LogP contribution in [-0.4, -0.2) is 25.8 Å². The van der Waals surface area contributed by atoms with E-state index in [1.165, 1.54) is 0 Å². The number of hydrogen-bond acceptors (Lipinski definition) is 5. The molecule has 3 rings (SSSR count). The van der Waals surface area contributed by atoms with Crippen LogP contribution in [0.2, 0.25) is 0 Å². The van der Waals surface area contributed by atoms with Gasteiger partial charge >= 0.3 is 0 Å². The first-order valence-corrected chi connectivity index (χ1v) is 9.92. The van der Waals surface area contributed by atoms with Crippen LogP contribution in [-0.2, 0) is 11.4 Å². The molecule has 0 spiro atoms. The number of carbonyl (C=O) groups excluding carboxylic acids is 1. The van der Waals surface area contributed by atoms with Crippen molar-refractivity contribution in [3.63, 3.8) is 0 Å². The fraction of sp³-hybridized carbons (Fsp3) is 0.200. The summed E-state index contributed by atoms with van der Waals surface area (Å²) in [7, 11) is 1.58. The molecule has 0 aliphatic heterocycles. The second-order valence-corrected chi connectivity index (χ2v) is 7.04. The topological polar surface area (TPSA) is 69.2 Å². The van der Waals surface area contributed by atoms with Crippen LogP contribution in [0.3, 0.4) is 0 Å². The Hall–Kier alpha value is -3.80. The molecular weight excluding hydrogens is 392 g/mol. The van der Waals surface area contributed by atoms with Crippen LogP contribution < -0.4 is 19.6 Å². The molecule has 0 saturated carbocycles. The summed E-state index contributed by atoms with van der Waals surface area (Å²) in [5, 5.41) is 3.99. The Morgan fingerprint density at radius 2 is 1.71 bits per heavy atom. The highest BCUT2D eigenvalue weighted by Crippen LogP contribution is 2.28. The summed E-state index contributed by atoms with van der Waals surface area (Å²) >= 11 is 0. The van der Waals surface area contributed by atoms with E-state index in [1.54, 1.807) is 19.4 Å². The lowest BCUT2D eigenvalue weighted by atomic mass is 10.1. The number of ether oxygens (including phenoxy) is 3.